The summed E-state index contributed by atoms with van der Waals surface area (Å²) in [7, 11) is 1.60. The summed E-state index contributed by atoms with van der Waals surface area (Å²) >= 11 is 0. The van der Waals surface area contributed by atoms with Crippen LogP contribution in [-0.2, 0) is 0 Å². The van der Waals surface area contributed by atoms with Crippen LogP contribution in [0.4, 0.5) is 8.78 Å². The molecule has 5 heteroatoms. The van der Waals surface area contributed by atoms with E-state index in [-0.39, 0.29) is 11.6 Å². The number of aromatic nitrogens is 2. The average molecular weight is 336 g/mol. The molecule has 0 radical (unpaired) electrons. The van der Waals surface area contributed by atoms with E-state index < -0.39 is 0 Å². The molecule has 0 saturated carbocycles. The lowest BCUT2D eigenvalue weighted by Crippen LogP contribution is -1.89. The van der Waals surface area contributed by atoms with Crippen LogP contribution in [0.1, 0.15) is 5.56 Å². The molecule has 5 rings (SSSR count). The monoisotopic (exact) mass is 336 g/mol. The first kappa shape index (κ1) is 14.3. The molecule has 0 aliphatic carbocycles. The molecular formula is C20H14F2N2O. The standard InChI is InChI=1S/C20H14F2N2O/c1-9-16-12-7-10(21)3-5-14(12)23-18(16)20(25-2)19-17(9)13-8-11(22)4-6-15(13)24-19/h3-8,23-24H,1-2H3. The van der Waals surface area contributed by atoms with Crippen LogP contribution in [0.5, 0.6) is 5.75 Å². The fraction of sp³-hybridized carbons (Fsp3) is 0.100. The van der Waals surface area contributed by atoms with Gasteiger partial charge in [-0.15, -0.1) is 0 Å². The highest BCUT2D eigenvalue weighted by atomic mass is 19.1. The van der Waals surface area contributed by atoms with Gasteiger partial charge >= 0.3 is 0 Å². The van der Waals surface area contributed by atoms with Crippen molar-refractivity contribution in [3.8, 4) is 5.75 Å². The topological polar surface area (TPSA) is 40.8 Å². The number of fused-ring (bicyclic) bond motifs is 6. The van der Waals surface area contributed by atoms with Crippen molar-refractivity contribution in [3.05, 3.63) is 53.6 Å². The minimum absolute atomic E-state index is 0.295. The van der Waals surface area contributed by atoms with Crippen LogP contribution in [0.25, 0.3) is 43.6 Å². The number of rotatable bonds is 1. The molecule has 5 aromatic rings. The Kier molecular flexibility index (Phi) is 2.70. The summed E-state index contributed by atoms with van der Waals surface area (Å²) in [5.74, 6) is 0.0532. The number of aryl methyl sites for hydroxylation is 1. The zero-order chi connectivity index (χ0) is 17.3. The Morgan fingerprint density at radius 3 is 1.72 bits per heavy atom. The van der Waals surface area contributed by atoms with Crippen LogP contribution in [0, 0.1) is 18.6 Å². The summed E-state index contributed by atoms with van der Waals surface area (Å²) < 4.78 is 33.3. The number of aromatic amines is 2. The van der Waals surface area contributed by atoms with Gasteiger partial charge in [-0.2, -0.15) is 0 Å². The second-order valence-corrected chi connectivity index (χ2v) is 6.29. The van der Waals surface area contributed by atoms with Crippen molar-refractivity contribution < 1.29 is 13.5 Å². The second-order valence-electron chi connectivity index (χ2n) is 6.29. The van der Waals surface area contributed by atoms with E-state index in [9.17, 15) is 8.78 Å². The van der Waals surface area contributed by atoms with Crippen molar-refractivity contribution in [2.45, 2.75) is 6.92 Å². The zero-order valence-corrected chi connectivity index (χ0v) is 13.6. The van der Waals surface area contributed by atoms with E-state index >= 15 is 0 Å². The summed E-state index contributed by atoms with van der Waals surface area (Å²) in [5, 5.41) is 3.37. The lowest BCUT2D eigenvalue weighted by molar-refractivity contribution is 0.423. The molecule has 0 aliphatic heterocycles. The van der Waals surface area contributed by atoms with Crippen LogP contribution >= 0.6 is 0 Å². The molecule has 2 heterocycles. The zero-order valence-electron chi connectivity index (χ0n) is 13.6. The van der Waals surface area contributed by atoms with E-state index in [2.05, 4.69) is 9.97 Å². The minimum atomic E-state index is -0.295. The number of halogens is 2. The van der Waals surface area contributed by atoms with Gasteiger partial charge in [0.05, 0.1) is 18.1 Å². The van der Waals surface area contributed by atoms with Crippen LogP contribution in [0.3, 0.4) is 0 Å². The summed E-state index contributed by atoms with van der Waals surface area (Å²) in [6.45, 7) is 1.97. The summed E-state index contributed by atoms with van der Waals surface area (Å²) in [6.07, 6.45) is 0. The molecule has 3 aromatic carbocycles. The maximum absolute atomic E-state index is 13.8. The highest BCUT2D eigenvalue weighted by Gasteiger charge is 2.20. The summed E-state index contributed by atoms with van der Waals surface area (Å²) in [6, 6.07) is 9.32. The van der Waals surface area contributed by atoms with Crippen LogP contribution in [0.15, 0.2) is 36.4 Å². The number of nitrogens with one attached hydrogen (secondary N) is 2. The van der Waals surface area contributed by atoms with E-state index in [4.69, 9.17) is 4.74 Å². The average Bonchev–Trinajstić information content (AvgIpc) is 3.13. The van der Waals surface area contributed by atoms with Crippen molar-refractivity contribution in [1.29, 1.82) is 0 Å². The summed E-state index contributed by atoms with van der Waals surface area (Å²) in [5.41, 5.74) is 4.24. The predicted molar refractivity (Wildman–Crippen MR) is 96.4 cm³/mol. The quantitative estimate of drug-likeness (QED) is 0.414. The van der Waals surface area contributed by atoms with E-state index in [1.165, 1.54) is 24.3 Å². The van der Waals surface area contributed by atoms with Crippen LogP contribution in [-0.4, -0.2) is 17.1 Å². The molecule has 3 nitrogen and oxygen atoms in total. The third kappa shape index (κ3) is 1.78. The molecule has 0 saturated heterocycles. The van der Waals surface area contributed by atoms with Crippen molar-refractivity contribution in [1.82, 2.24) is 9.97 Å². The van der Waals surface area contributed by atoms with Gasteiger partial charge in [-0.25, -0.2) is 8.78 Å². The van der Waals surface area contributed by atoms with Crippen molar-refractivity contribution in [3.63, 3.8) is 0 Å². The molecule has 0 fully saturated rings. The van der Waals surface area contributed by atoms with Crippen LogP contribution < -0.4 is 4.74 Å². The molecule has 0 unspecified atom stereocenters. The first-order valence-electron chi connectivity index (χ1n) is 7.97. The predicted octanol–water partition coefficient (Wildman–Crippen LogP) is 5.55. The molecule has 0 atom stereocenters. The number of ether oxygens (including phenoxy) is 1. The van der Waals surface area contributed by atoms with Crippen LogP contribution in [0.2, 0.25) is 0 Å². The highest BCUT2D eigenvalue weighted by molar-refractivity contribution is 6.23. The molecule has 124 valence electrons. The third-order valence-corrected chi connectivity index (χ3v) is 4.93. The number of benzene rings is 3. The lowest BCUT2D eigenvalue weighted by Gasteiger charge is -2.08. The maximum atomic E-state index is 13.8. The Hall–Kier alpha value is -3.08. The van der Waals surface area contributed by atoms with E-state index in [1.807, 2.05) is 6.92 Å². The van der Waals surface area contributed by atoms with Gasteiger partial charge in [-0.05, 0) is 48.9 Å². The van der Waals surface area contributed by atoms with Crippen molar-refractivity contribution in [2.24, 2.45) is 0 Å². The molecule has 2 N–H and O–H groups in total. The third-order valence-electron chi connectivity index (χ3n) is 4.93. The smallest absolute Gasteiger partial charge is 0.167 e. The first-order chi connectivity index (χ1) is 12.1. The molecule has 0 spiro atoms. The Morgan fingerprint density at radius 2 is 1.28 bits per heavy atom. The Morgan fingerprint density at radius 1 is 0.800 bits per heavy atom. The first-order valence-corrected chi connectivity index (χ1v) is 7.97. The van der Waals surface area contributed by atoms with E-state index in [0.717, 1.165) is 49.2 Å². The van der Waals surface area contributed by atoms with Crippen molar-refractivity contribution in [2.75, 3.05) is 7.11 Å². The largest absolute Gasteiger partial charge is 0.492 e. The lowest BCUT2D eigenvalue weighted by atomic mass is 10.0. The van der Waals surface area contributed by atoms with E-state index in [0.29, 0.717) is 5.75 Å². The molecule has 2 aromatic heterocycles. The molecule has 0 amide bonds. The highest BCUT2D eigenvalue weighted by Crippen LogP contribution is 2.43. The fourth-order valence-electron chi connectivity index (χ4n) is 3.90. The number of H-pyrrole nitrogens is 2. The van der Waals surface area contributed by atoms with Gasteiger partial charge in [-0.1, -0.05) is 0 Å². The Labute approximate surface area is 141 Å². The number of hydrogen-bond donors (Lipinski definition) is 2. The van der Waals surface area contributed by atoms with E-state index in [1.54, 1.807) is 19.2 Å². The molecule has 25 heavy (non-hydrogen) atoms. The molecule has 0 bridgehead atoms. The summed E-state index contributed by atoms with van der Waals surface area (Å²) in [4.78, 5) is 6.66. The number of methoxy groups -OCH3 is 1. The van der Waals surface area contributed by atoms with Gasteiger partial charge in [-0.3, -0.25) is 0 Å². The second kappa shape index (κ2) is 4.72. The van der Waals surface area contributed by atoms with Gasteiger partial charge in [0.15, 0.2) is 5.75 Å². The Balaban J connectivity index is 2.12. The van der Waals surface area contributed by atoms with Gasteiger partial charge in [0.25, 0.3) is 0 Å². The van der Waals surface area contributed by atoms with Gasteiger partial charge < -0.3 is 14.7 Å². The molecular weight excluding hydrogens is 322 g/mol. The molecule has 0 aliphatic rings. The Bertz CT molecular complexity index is 1220. The van der Waals surface area contributed by atoms with Gasteiger partial charge in [0.2, 0.25) is 0 Å². The fourth-order valence-corrected chi connectivity index (χ4v) is 3.90. The SMILES string of the molecule is COc1c2[nH]c3ccc(F)cc3c2c(C)c2c1[nH]c1ccc(F)cc12. The van der Waals surface area contributed by atoms with Gasteiger partial charge in [0.1, 0.15) is 11.6 Å². The minimum Gasteiger partial charge on any atom is -0.492 e. The van der Waals surface area contributed by atoms with Gasteiger partial charge in [0, 0.05) is 32.6 Å². The maximum Gasteiger partial charge on any atom is 0.167 e. The normalized spacial score (nSPS) is 12.0. The van der Waals surface area contributed by atoms with Crippen molar-refractivity contribution >= 4 is 43.6 Å². The number of hydrogen-bond acceptors (Lipinski definition) is 1.